The van der Waals surface area contributed by atoms with E-state index >= 15 is 0 Å². The van der Waals surface area contributed by atoms with Crippen molar-refractivity contribution in [1.29, 1.82) is 0 Å². The molecule has 5 heteroatoms. The quantitative estimate of drug-likeness (QED) is 0.374. The molecular weight excluding hydrogens is 473 g/mol. The minimum atomic E-state index is -0.0856. The average Bonchev–Trinajstić information content (AvgIpc) is 3.02. The first-order valence-corrected chi connectivity index (χ1v) is 10.5. The van der Waals surface area contributed by atoms with Gasteiger partial charge in [-0.3, -0.25) is 4.79 Å². The molecule has 2 N–H and O–H groups in total. The van der Waals surface area contributed by atoms with Gasteiger partial charge in [0.05, 0.1) is 17.0 Å². The van der Waals surface area contributed by atoms with Crippen LogP contribution in [0.4, 0.5) is 11.4 Å². The van der Waals surface area contributed by atoms with Crippen molar-refractivity contribution in [2.45, 2.75) is 6.54 Å². The Hall–Kier alpha value is -2.64. The van der Waals surface area contributed by atoms with E-state index in [1.807, 2.05) is 48.5 Å². The zero-order valence-corrected chi connectivity index (χ0v) is 18.5. The maximum atomic E-state index is 12.9. The highest BCUT2D eigenvalue weighted by atomic mass is 127. The van der Waals surface area contributed by atoms with Crippen molar-refractivity contribution in [2.75, 3.05) is 24.7 Å². The van der Waals surface area contributed by atoms with Crippen LogP contribution in [0.3, 0.4) is 0 Å². The van der Waals surface area contributed by atoms with E-state index in [1.165, 1.54) is 5.56 Å². The zero-order chi connectivity index (χ0) is 20.4. The van der Waals surface area contributed by atoms with Crippen LogP contribution >= 0.6 is 22.6 Å². The van der Waals surface area contributed by atoms with Gasteiger partial charge in [-0.2, -0.15) is 0 Å². The van der Waals surface area contributed by atoms with Crippen LogP contribution in [0.1, 0.15) is 16.7 Å². The van der Waals surface area contributed by atoms with Crippen LogP contribution in [-0.4, -0.2) is 24.9 Å². The lowest BCUT2D eigenvalue weighted by atomic mass is 10.00. The van der Waals surface area contributed by atoms with Gasteiger partial charge in [-0.15, -0.1) is 0 Å². The first kappa shape index (κ1) is 19.7. The standard InChI is InChI=1S/C24H22IN3O/c1-28(2)15-16-8-11-19(12-9-16)26-23(17-6-4-3-5-7-17)22-20-13-10-18(25)14-21(20)27-24(22)29/h3-14,26H,15H2,1-2H3,(H,27,29)/b23-22+. The highest BCUT2D eigenvalue weighted by molar-refractivity contribution is 14.1. The topological polar surface area (TPSA) is 44.4 Å². The minimum Gasteiger partial charge on any atom is -0.354 e. The van der Waals surface area contributed by atoms with Crippen molar-refractivity contribution >= 4 is 51.1 Å². The molecular formula is C24H22IN3O. The van der Waals surface area contributed by atoms with E-state index in [9.17, 15) is 4.79 Å². The number of rotatable bonds is 5. The van der Waals surface area contributed by atoms with Gasteiger partial charge in [-0.25, -0.2) is 0 Å². The number of carbonyl (C=O) groups is 1. The van der Waals surface area contributed by atoms with Crippen LogP contribution in [-0.2, 0) is 11.3 Å². The molecule has 0 aliphatic carbocycles. The molecule has 0 saturated carbocycles. The van der Waals surface area contributed by atoms with Gasteiger partial charge in [0.15, 0.2) is 0 Å². The number of halogens is 1. The molecule has 1 aliphatic rings. The maximum absolute atomic E-state index is 12.9. The van der Waals surface area contributed by atoms with E-state index in [0.29, 0.717) is 5.57 Å². The largest absolute Gasteiger partial charge is 0.354 e. The van der Waals surface area contributed by atoms with Crippen LogP contribution in [0.25, 0.3) is 11.3 Å². The third-order valence-corrected chi connectivity index (χ3v) is 5.43. The second-order valence-electron chi connectivity index (χ2n) is 7.32. The molecule has 0 saturated heterocycles. The number of fused-ring (bicyclic) bond motifs is 1. The summed E-state index contributed by atoms with van der Waals surface area (Å²) in [6, 6.07) is 24.4. The molecule has 0 radical (unpaired) electrons. The predicted molar refractivity (Wildman–Crippen MR) is 129 cm³/mol. The Balaban J connectivity index is 1.78. The number of benzene rings is 3. The van der Waals surface area contributed by atoms with Gasteiger partial charge in [0, 0.05) is 21.4 Å². The predicted octanol–water partition coefficient (Wildman–Crippen LogP) is 5.29. The molecule has 1 amide bonds. The molecule has 3 aromatic rings. The number of nitrogens with one attached hydrogen (secondary N) is 2. The summed E-state index contributed by atoms with van der Waals surface area (Å²) in [5.74, 6) is -0.0856. The number of amides is 1. The Morgan fingerprint density at radius 1 is 1.00 bits per heavy atom. The number of nitrogens with zero attached hydrogens (tertiary/aromatic N) is 1. The maximum Gasteiger partial charge on any atom is 0.258 e. The number of carbonyl (C=O) groups excluding carboxylic acids is 1. The van der Waals surface area contributed by atoms with Crippen molar-refractivity contribution in [2.24, 2.45) is 0 Å². The third-order valence-electron chi connectivity index (χ3n) is 4.76. The monoisotopic (exact) mass is 495 g/mol. The molecule has 3 aromatic carbocycles. The van der Waals surface area contributed by atoms with Gasteiger partial charge >= 0.3 is 0 Å². The van der Waals surface area contributed by atoms with E-state index < -0.39 is 0 Å². The molecule has 0 spiro atoms. The number of hydrogen-bond acceptors (Lipinski definition) is 3. The van der Waals surface area contributed by atoms with Gasteiger partial charge < -0.3 is 15.5 Å². The fraction of sp³-hybridized carbons (Fsp3) is 0.125. The number of anilines is 2. The van der Waals surface area contributed by atoms with Crippen molar-refractivity contribution in [3.8, 4) is 0 Å². The Bertz CT molecular complexity index is 1070. The summed E-state index contributed by atoms with van der Waals surface area (Å²) < 4.78 is 1.09. The summed E-state index contributed by atoms with van der Waals surface area (Å²) in [5.41, 5.74) is 6.42. The summed E-state index contributed by atoms with van der Waals surface area (Å²) in [6.07, 6.45) is 0. The fourth-order valence-corrected chi connectivity index (χ4v) is 3.97. The summed E-state index contributed by atoms with van der Waals surface area (Å²) in [7, 11) is 4.11. The van der Waals surface area contributed by atoms with Crippen LogP contribution < -0.4 is 10.6 Å². The molecule has 1 aliphatic heterocycles. The lowest BCUT2D eigenvalue weighted by molar-refractivity contribution is -0.110. The Labute approximate surface area is 184 Å². The van der Waals surface area contributed by atoms with Crippen molar-refractivity contribution in [1.82, 2.24) is 4.90 Å². The Morgan fingerprint density at radius 2 is 1.72 bits per heavy atom. The molecule has 0 atom stereocenters. The van der Waals surface area contributed by atoms with Gasteiger partial charge in [0.1, 0.15) is 0 Å². The lowest BCUT2D eigenvalue weighted by Gasteiger charge is -2.16. The molecule has 0 bridgehead atoms. The molecule has 1 heterocycles. The summed E-state index contributed by atoms with van der Waals surface area (Å²) in [6.45, 7) is 0.890. The van der Waals surface area contributed by atoms with Crippen LogP contribution in [0.5, 0.6) is 0 Å². The number of hydrogen-bond donors (Lipinski definition) is 2. The van der Waals surface area contributed by atoms with Crippen LogP contribution in [0, 0.1) is 3.57 Å². The molecule has 0 aromatic heterocycles. The normalized spacial score (nSPS) is 14.6. The van der Waals surface area contributed by atoms with Crippen molar-refractivity contribution in [3.63, 3.8) is 0 Å². The fourth-order valence-electron chi connectivity index (χ4n) is 3.48. The summed E-state index contributed by atoms with van der Waals surface area (Å²) >= 11 is 2.26. The van der Waals surface area contributed by atoms with Crippen LogP contribution in [0.2, 0.25) is 0 Å². The molecule has 0 unspecified atom stereocenters. The van der Waals surface area contributed by atoms with Crippen molar-refractivity contribution < 1.29 is 4.79 Å². The molecule has 4 rings (SSSR count). The van der Waals surface area contributed by atoms with E-state index in [1.54, 1.807) is 0 Å². The third kappa shape index (κ3) is 4.36. The van der Waals surface area contributed by atoms with Gasteiger partial charge in [0.2, 0.25) is 0 Å². The van der Waals surface area contributed by atoms with Gasteiger partial charge in [0.25, 0.3) is 5.91 Å². The van der Waals surface area contributed by atoms with E-state index in [4.69, 9.17) is 0 Å². The highest BCUT2D eigenvalue weighted by Gasteiger charge is 2.28. The van der Waals surface area contributed by atoms with E-state index in [0.717, 1.165) is 38.3 Å². The minimum absolute atomic E-state index is 0.0856. The first-order chi connectivity index (χ1) is 14.0. The first-order valence-electron chi connectivity index (χ1n) is 9.43. The lowest BCUT2D eigenvalue weighted by Crippen LogP contribution is -2.11. The second kappa shape index (κ2) is 8.39. The molecule has 4 nitrogen and oxygen atoms in total. The second-order valence-corrected chi connectivity index (χ2v) is 8.57. The Morgan fingerprint density at radius 3 is 2.41 bits per heavy atom. The SMILES string of the molecule is CN(C)Cc1ccc(N/C(=C2/C(=O)Nc3cc(I)ccc32)c2ccccc2)cc1. The smallest absolute Gasteiger partial charge is 0.258 e. The average molecular weight is 495 g/mol. The van der Waals surface area contributed by atoms with Gasteiger partial charge in [-0.05, 0) is 72.1 Å². The zero-order valence-electron chi connectivity index (χ0n) is 16.4. The Kier molecular flexibility index (Phi) is 5.69. The van der Waals surface area contributed by atoms with Crippen molar-refractivity contribution in [3.05, 3.63) is 93.1 Å². The van der Waals surface area contributed by atoms with Gasteiger partial charge in [-0.1, -0.05) is 48.5 Å². The van der Waals surface area contributed by atoms with E-state index in [2.05, 4.69) is 76.5 Å². The summed E-state index contributed by atoms with van der Waals surface area (Å²) in [4.78, 5) is 15.0. The van der Waals surface area contributed by atoms with E-state index in [-0.39, 0.29) is 5.91 Å². The molecule has 146 valence electrons. The molecule has 0 fully saturated rings. The highest BCUT2D eigenvalue weighted by Crippen LogP contribution is 2.38. The molecule has 29 heavy (non-hydrogen) atoms. The van der Waals surface area contributed by atoms with Crippen LogP contribution in [0.15, 0.2) is 72.8 Å². The summed E-state index contributed by atoms with van der Waals surface area (Å²) in [5, 5.41) is 6.51.